The van der Waals surface area contributed by atoms with Gasteiger partial charge >= 0.3 is 0 Å². The van der Waals surface area contributed by atoms with E-state index in [0.717, 1.165) is 0 Å². The first kappa shape index (κ1) is 14.7. The normalized spacial score (nSPS) is 10.4. The number of rotatable bonds is 3. The Morgan fingerprint density at radius 1 is 1.25 bits per heavy atom. The topological polar surface area (TPSA) is 38.0 Å². The molecule has 0 aromatic heterocycles. The number of thiocarbonyl (C=S) groups is 1. The van der Waals surface area contributed by atoms with Gasteiger partial charge in [0, 0.05) is 0 Å². The van der Waals surface area contributed by atoms with Gasteiger partial charge in [-0.2, -0.15) is 0 Å². The zero-order valence-electron chi connectivity index (χ0n) is 10.5. The molecule has 0 bridgehead atoms. The van der Waals surface area contributed by atoms with Crippen molar-refractivity contribution in [2.75, 3.05) is 5.32 Å². The largest absolute Gasteiger partial charge is 0.389 e. The van der Waals surface area contributed by atoms with Gasteiger partial charge in [-0.3, -0.25) is 0 Å². The van der Waals surface area contributed by atoms with E-state index in [1.165, 1.54) is 12.1 Å². The van der Waals surface area contributed by atoms with Gasteiger partial charge in [-0.1, -0.05) is 36.0 Å². The maximum atomic E-state index is 14.0. The third kappa shape index (κ3) is 2.73. The molecule has 0 atom stereocenters. The van der Waals surface area contributed by atoms with Crippen molar-refractivity contribution in [1.82, 2.24) is 0 Å². The van der Waals surface area contributed by atoms with Crippen LogP contribution >= 0.6 is 23.8 Å². The van der Waals surface area contributed by atoms with Crippen molar-refractivity contribution in [2.45, 2.75) is 6.92 Å². The lowest BCUT2D eigenvalue weighted by Crippen LogP contribution is -2.13. The molecule has 0 saturated heterocycles. The highest BCUT2D eigenvalue weighted by atomic mass is 35.5. The Morgan fingerprint density at radius 3 is 2.60 bits per heavy atom. The second kappa shape index (κ2) is 5.73. The van der Waals surface area contributed by atoms with Crippen LogP contribution in [0.15, 0.2) is 30.3 Å². The molecule has 0 aliphatic heterocycles. The smallest absolute Gasteiger partial charge is 0.152 e. The Balaban J connectivity index is 2.54. The van der Waals surface area contributed by atoms with E-state index in [4.69, 9.17) is 29.6 Å². The highest BCUT2D eigenvalue weighted by Gasteiger charge is 2.15. The van der Waals surface area contributed by atoms with Gasteiger partial charge in [-0.25, -0.2) is 8.78 Å². The van der Waals surface area contributed by atoms with Crippen molar-refractivity contribution < 1.29 is 8.78 Å². The van der Waals surface area contributed by atoms with Crippen molar-refractivity contribution >= 4 is 40.2 Å². The molecule has 2 nitrogen and oxygen atoms in total. The fraction of sp³-hybridized carbons (Fsp3) is 0.0714. The van der Waals surface area contributed by atoms with Gasteiger partial charge in [-0.15, -0.1) is 0 Å². The highest BCUT2D eigenvalue weighted by molar-refractivity contribution is 7.80. The number of halogens is 3. The Bertz CT molecular complexity index is 689. The van der Waals surface area contributed by atoms with E-state index in [1.54, 1.807) is 25.1 Å². The summed E-state index contributed by atoms with van der Waals surface area (Å²) < 4.78 is 27.7. The molecule has 2 aromatic rings. The number of hydrogen-bond acceptors (Lipinski definition) is 2. The molecule has 0 radical (unpaired) electrons. The van der Waals surface area contributed by atoms with Gasteiger partial charge in [0.25, 0.3) is 0 Å². The molecule has 104 valence electrons. The van der Waals surface area contributed by atoms with Crippen LogP contribution in [-0.4, -0.2) is 4.99 Å². The summed E-state index contributed by atoms with van der Waals surface area (Å²) in [6, 6.07) is 7.39. The van der Waals surface area contributed by atoms with Crippen molar-refractivity contribution in [3.63, 3.8) is 0 Å². The van der Waals surface area contributed by atoms with Gasteiger partial charge in [-0.05, 0) is 30.7 Å². The van der Waals surface area contributed by atoms with Crippen LogP contribution < -0.4 is 11.1 Å². The monoisotopic (exact) mass is 312 g/mol. The lowest BCUT2D eigenvalue weighted by Gasteiger charge is -2.14. The SMILES string of the molecule is Cc1ccc(F)c(Nc2cccc(Cl)c2C(N)=S)c1F. The quantitative estimate of drug-likeness (QED) is 0.830. The van der Waals surface area contributed by atoms with Crippen LogP contribution in [0.2, 0.25) is 5.02 Å². The summed E-state index contributed by atoms with van der Waals surface area (Å²) in [7, 11) is 0. The van der Waals surface area contributed by atoms with E-state index in [1.807, 2.05) is 0 Å². The first-order valence-electron chi connectivity index (χ1n) is 5.71. The van der Waals surface area contributed by atoms with Gasteiger partial charge in [0.1, 0.15) is 16.5 Å². The van der Waals surface area contributed by atoms with E-state index >= 15 is 0 Å². The van der Waals surface area contributed by atoms with Crippen molar-refractivity contribution in [2.24, 2.45) is 5.73 Å². The molecule has 6 heteroatoms. The zero-order valence-corrected chi connectivity index (χ0v) is 12.1. The maximum Gasteiger partial charge on any atom is 0.152 e. The fourth-order valence-corrected chi connectivity index (χ4v) is 2.34. The summed E-state index contributed by atoms with van der Waals surface area (Å²) in [5, 5.41) is 2.99. The van der Waals surface area contributed by atoms with Crippen LogP contribution in [0, 0.1) is 18.6 Å². The molecule has 0 heterocycles. The number of nitrogens with two attached hydrogens (primary N) is 1. The molecule has 0 amide bonds. The number of benzene rings is 2. The van der Waals surface area contributed by atoms with Gasteiger partial charge in [0.15, 0.2) is 5.82 Å². The van der Waals surface area contributed by atoms with E-state index in [-0.39, 0.29) is 10.7 Å². The molecule has 2 aromatic carbocycles. The van der Waals surface area contributed by atoms with Crippen molar-refractivity contribution in [3.05, 3.63) is 58.1 Å². The number of hydrogen-bond donors (Lipinski definition) is 2. The van der Waals surface area contributed by atoms with Crippen LogP contribution in [0.3, 0.4) is 0 Å². The lowest BCUT2D eigenvalue weighted by atomic mass is 10.1. The minimum Gasteiger partial charge on any atom is -0.389 e. The molecule has 0 spiro atoms. The van der Waals surface area contributed by atoms with Gasteiger partial charge in [0.2, 0.25) is 0 Å². The van der Waals surface area contributed by atoms with E-state index in [2.05, 4.69) is 5.32 Å². The zero-order chi connectivity index (χ0) is 14.9. The minimum absolute atomic E-state index is 0.0477. The molecule has 3 N–H and O–H groups in total. The third-order valence-corrected chi connectivity index (χ3v) is 3.32. The number of aryl methyl sites for hydroxylation is 1. The van der Waals surface area contributed by atoms with Crippen LogP contribution in [-0.2, 0) is 0 Å². The summed E-state index contributed by atoms with van der Waals surface area (Å²) in [5.41, 5.74) is 6.37. The third-order valence-electron chi connectivity index (χ3n) is 2.80. The molecular weight excluding hydrogens is 302 g/mol. The van der Waals surface area contributed by atoms with E-state index in [9.17, 15) is 8.78 Å². The average Bonchev–Trinajstić information content (AvgIpc) is 2.39. The molecule has 0 aliphatic rings. The Morgan fingerprint density at radius 2 is 1.95 bits per heavy atom. The lowest BCUT2D eigenvalue weighted by molar-refractivity contribution is 0.585. The summed E-state index contributed by atoms with van der Waals surface area (Å²) in [4.78, 5) is 0.0477. The van der Waals surface area contributed by atoms with E-state index < -0.39 is 11.6 Å². The average molecular weight is 313 g/mol. The maximum absolute atomic E-state index is 14.0. The summed E-state index contributed by atoms with van der Waals surface area (Å²) in [6.45, 7) is 1.55. The summed E-state index contributed by atoms with van der Waals surface area (Å²) in [6.07, 6.45) is 0. The number of anilines is 2. The Kier molecular flexibility index (Phi) is 4.20. The van der Waals surface area contributed by atoms with Crippen LogP contribution in [0.25, 0.3) is 0 Å². The van der Waals surface area contributed by atoms with Crippen LogP contribution in [0.5, 0.6) is 0 Å². The molecule has 0 unspecified atom stereocenters. The first-order chi connectivity index (χ1) is 9.41. The van der Waals surface area contributed by atoms with Gasteiger partial charge in [0.05, 0.1) is 16.3 Å². The van der Waals surface area contributed by atoms with Crippen LogP contribution in [0.1, 0.15) is 11.1 Å². The fourth-order valence-electron chi connectivity index (χ4n) is 1.78. The van der Waals surface area contributed by atoms with E-state index in [0.29, 0.717) is 21.8 Å². The second-order valence-electron chi connectivity index (χ2n) is 4.20. The molecule has 2 rings (SSSR count). The Labute approximate surface area is 125 Å². The van der Waals surface area contributed by atoms with Crippen LogP contribution in [0.4, 0.5) is 20.2 Å². The van der Waals surface area contributed by atoms with Gasteiger partial charge < -0.3 is 11.1 Å². The molecule has 20 heavy (non-hydrogen) atoms. The molecule has 0 aliphatic carbocycles. The highest BCUT2D eigenvalue weighted by Crippen LogP contribution is 2.30. The second-order valence-corrected chi connectivity index (χ2v) is 5.05. The first-order valence-corrected chi connectivity index (χ1v) is 6.50. The standard InChI is InChI=1S/C14H11ClF2N2S/c1-7-5-6-9(16)13(12(7)17)19-10-4-2-3-8(15)11(10)14(18)20/h2-6,19H,1H3,(H2,18,20). The summed E-state index contributed by atoms with van der Waals surface area (Å²) >= 11 is 10.9. The Hall–Kier alpha value is -1.72. The molecule has 0 saturated carbocycles. The summed E-state index contributed by atoms with van der Waals surface area (Å²) in [5.74, 6) is -1.37. The predicted octanol–water partition coefficient (Wildman–Crippen LogP) is 4.30. The number of nitrogens with one attached hydrogen (secondary N) is 1. The van der Waals surface area contributed by atoms with Crippen molar-refractivity contribution in [3.8, 4) is 0 Å². The molecular formula is C14H11ClF2N2S. The minimum atomic E-state index is -0.707. The molecule has 0 fully saturated rings. The van der Waals surface area contributed by atoms with Crippen molar-refractivity contribution in [1.29, 1.82) is 0 Å². The predicted molar refractivity (Wildman–Crippen MR) is 81.7 cm³/mol.